The molecule has 2 rings (SSSR count). The molecular formula is C10H16N4O. The summed E-state index contributed by atoms with van der Waals surface area (Å²) < 4.78 is 0. The molecule has 0 aromatic carbocycles. The highest BCUT2D eigenvalue weighted by Crippen LogP contribution is 2.27. The van der Waals surface area contributed by atoms with E-state index in [2.05, 4.69) is 22.2 Å². The molecule has 1 fully saturated rings. The normalized spacial score (nSPS) is 25.4. The first-order chi connectivity index (χ1) is 7.16. The van der Waals surface area contributed by atoms with Gasteiger partial charge in [0.05, 0.1) is 6.33 Å². The zero-order valence-electron chi connectivity index (χ0n) is 8.79. The summed E-state index contributed by atoms with van der Waals surface area (Å²) in [7, 11) is 0. The highest BCUT2D eigenvalue weighted by molar-refractivity contribution is 5.59. The zero-order chi connectivity index (χ0) is 10.8. The molecule has 5 nitrogen and oxygen atoms in total. The summed E-state index contributed by atoms with van der Waals surface area (Å²) in [6.45, 7) is 2.23. The summed E-state index contributed by atoms with van der Waals surface area (Å²) in [4.78, 5) is 17.7. The van der Waals surface area contributed by atoms with E-state index in [1.165, 1.54) is 12.7 Å². The van der Waals surface area contributed by atoms with E-state index >= 15 is 0 Å². The number of anilines is 2. The second-order valence-electron chi connectivity index (χ2n) is 4.25. The molecule has 1 heterocycles. The smallest absolute Gasteiger partial charge is 0.276 e. The predicted molar refractivity (Wildman–Crippen MR) is 59.7 cm³/mol. The third-order valence-corrected chi connectivity index (χ3v) is 2.92. The van der Waals surface area contributed by atoms with Gasteiger partial charge in [0.25, 0.3) is 5.56 Å². The molecule has 1 aromatic heterocycles. The molecule has 1 aliphatic carbocycles. The van der Waals surface area contributed by atoms with E-state index in [9.17, 15) is 4.79 Å². The van der Waals surface area contributed by atoms with E-state index < -0.39 is 0 Å². The quantitative estimate of drug-likeness (QED) is 0.675. The summed E-state index contributed by atoms with van der Waals surface area (Å²) >= 11 is 0. The number of aromatic amines is 1. The van der Waals surface area contributed by atoms with Crippen LogP contribution < -0.4 is 16.6 Å². The average molecular weight is 208 g/mol. The maximum Gasteiger partial charge on any atom is 0.276 e. The largest absolute Gasteiger partial charge is 0.391 e. The van der Waals surface area contributed by atoms with Crippen LogP contribution in [0.5, 0.6) is 0 Å². The van der Waals surface area contributed by atoms with Gasteiger partial charge < -0.3 is 16.0 Å². The fraction of sp³-hybridized carbons (Fsp3) is 0.600. The number of aromatic nitrogens is 2. The van der Waals surface area contributed by atoms with Crippen LogP contribution in [0, 0.1) is 5.92 Å². The van der Waals surface area contributed by atoms with Crippen molar-refractivity contribution in [1.29, 1.82) is 0 Å². The van der Waals surface area contributed by atoms with Crippen molar-refractivity contribution in [3.05, 3.63) is 16.7 Å². The minimum atomic E-state index is -0.279. The molecule has 2 atom stereocenters. The Kier molecular flexibility index (Phi) is 2.62. The molecule has 0 spiro atoms. The maximum absolute atomic E-state index is 11.2. The number of nitrogens with zero attached hydrogens (tertiary/aromatic N) is 1. The number of hydrogen-bond donors (Lipinski definition) is 3. The molecule has 15 heavy (non-hydrogen) atoms. The Labute approximate surface area is 88.1 Å². The molecule has 2 unspecified atom stereocenters. The van der Waals surface area contributed by atoms with Crippen LogP contribution in [0.15, 0.2) is 11.1 Å². The molecule has 1 aromatic rings. The molecule has 0 radical (unpaired) electrons. The first-order valence-corrected chi connectivity index (χ1v) is 5.26. The van der Waals surface area contributed by atoms with Gasteiger partial charge in [-0.1, -0.05) is 6.92 Å². The summed E-state index contributed by atoms with van der Waals surface area (Å²) in [5, 5.41) is 3.22. The molecule has 4 N–H and O–H groups in total. The molecule has 1 aliphatic rings. The predicted octanol–water partition coefficient (Wildman–Crippen LogP) is 0.953. The molecule has 0 amide bonds. The number of hydrogen-bond acceptors (Lipinski definition) is 4. The van der Waals surface area contributed by atoms with Gasteiger partial charge >= 0.3 is 0 Å². The third kappa shape index (κ3) is 2.11. The molecular weight excluding hydrogens is 192 g/mol. The SMILES string of the molecule is CC1CCC(Nc2nc[nH]c(=O)c2N)C1. The lowest BCUT2D eigenvalue weighted by molar-refractivity contribution is 0.602. The van der Waals surface area contributed by atoms with E-state index in [0.29, 0.717) is 11.9 Å². The Hall–Kier alpha value is -1.52. The first kappa shape index (κ1) is 10.0. The van der Waals surface area contributed by atoms with Crippen LogP contribution in [0.3, 0.4) is 0 Å². The highest BCUT2D eigenvalue weighted by Gasteiger charge is 2.22. The van der Waals surface area contributed by atoms with Gasteiger partial charge in [-0.25, -0.2) is 4.98 Å². The van der Waals surface area contributed by atoms with Crippen LogP contribution in [0.1, 0.15) is 26.2 Å². The highest BCUT2D eigenvalue weighted by atomic mass is 16.1. The van der Waals surface area contributed by atoms with Gasteiger partial charge in [0, 0.05) is 6.04 Å². The van der Waals surface area contributed by atoms with E-state index in [1.54, 1.807) is 0 Å². The van der Waals surface area contributed by atoms with Gasteiger partial charge in [0.1, 0.15) is 5.69 Å². The second-order valence-corrected chi connectivity index (χ2v) is 4.25. The van der Waals surface area contributed by atoms with Crippen molar-refractivity contribution in [2.75, 3.05) is 11.1 Å². The Morgan fingerprint density at radius 2 is 2.40 bits per heavy atom. The third-order valence-electron chi connectivity index (χ3n) is 2.92. The molecule has 82 valence electrons. The van der Waals surface area contributed by atoms with E-state index in [4.69, 9.17) is 5.73 Å². The monoisotopic (exact) mass is 208 g/mol. The fourth-order valence-corrected chi connectivity index (χ4v) is 2.06. The number of nitrogen functional groups attached to an aromatic ring is 1. The molecule has 0 bridgehead atoms. The van der Waals surface area contributed by atoms with Gasteiger partial charge in [0.2, 0.25) is 0 Å². The van der Waals surface area contributed by atoms with Crippen molar-refractivity contribution in [2.45, 2.75) is 32.2 Å². The van der Waals surface area contributed by atoms with Gasteiger partial charge in [0.15, 0.2) is 5.82 Å². The van der Waals surface area contributed by atoms with E-state index in [0.717, 1.165) is 18.8 Å². The molecule has 5 heteroatoms. The number of nitrogens with one attached hydrogen (secondary N) is 2. The minimum Gasteiger partial charge on any atom is -0.391 e. The Balaban J connectivity index is 2.11. The Morgan fingerprint density at radius 3 is 3.07 bits per heavy atom. The fourth-order valence-electron chi connectivity index (χ4n) is 2.06. The van der Waals surface area contributed by atoms with Crippen molar-refractivity contribution in [2.24, 2.45) is 5.92 Å². The van der Waals surface area contributed by atoms with Crippen LogP contribution in [0.2, 0.25) is 0 Å². The topological polar surface area (TPSA) is 83.8 Å². The van der Waals surface area contributed by atoms with Crippen molar-refractivity contribution in [3.63, 3.8) is 0 Å². The van der Waals surface area contributed by atoms with Crippen molar-refractivity contribution >= 4 is 11.5 Å². The standard InChI is InChI=1S/C10H16N4O/c1-6-2-3-7(4-6)14-9-8(11)10(15)13-5-12-9/h5-7H,2-4,11H2,1H3,(H2,12,13,14,15). The molecule has 1 saturated carbocycles. The van der Waals surface area contributed by atoms with Crippen LogP contribution >= 0.6 is 0 Å². The lowest BCUT2D eigenvalue weighted by Crippen LogP contribution is -2.21. The molecule has 0 saturated heterocycles. The van der Waals surface area contributed by atoms with Gasteiger partial charge in [-0.3, -0.25) is 4.79 Å². The van der Waals surface area contributed by atoms with Crippen molar-refractivity contribution < 1.29 is 0 Å². The maximum atomic E-state index is 11.2. The van der Waals surface area contributed by atoms with Crippen LogP contribution in [-0.2, 0) is 0 Å². The Bertz CT molecular complexity index is 401. The number of nitrogens with two attached hydrogens (primary N) is 1. The van der Waals surface area contributed by atoms with E-state index in [-0.39, 0.29) is 11.2 Å². The lowest BCUT2D eigenvalue weighted by Gasteiger charge is -2.13. The van der Waals surface area contributed by atoms with Crippen LogP contribution in [-0.4, -0.2) is 16.0 Å². The average Bonchev–Trinajstić information content (AvgIpc) is 2.59. The summed E-state index contributed by atoms with van der Waals surface area (Å²) in [6, 6.07) is 0.400. The number of rotatable bonds is 2. The van der Waals surface area contributed by atoms with Crippen LogP contribution in [0.4, 0.5) is 11.5 Å². The molecule has 0 aliphatic heterocycles. The van der Waals surface area contributed by atoms with Crippen molar-refractivity contribution in [3.8, 4) is 0 Å². The van der Waals surface area contributed by atoms with Gasteiger partial charge in [-0.15, -0.1) is 0 Å². The van der Waals surface area contributed by atoms with Gasteiger partial charge in [-0.05, 0) is 25.2 Å². The summed E-state index contributed by atoms with van der Waals surface area (Å²) in [5.74, 6) is 1.25. The second kappa shape index (κ2) is 3.92. The zero-order valence-corrected chi connectivity index (χ0v) is 8.79. The van der Waals surface area contributed by atoms with Gasteiger partial charge in [-0.2, -0.15) is 0 Å². The summed E-state index contributed by atoms with van der Waals surface area (Å²) in [6.07, 6.45) is 4.84. The summed E-state index contributed by atoms with van der Waals surface area (Å²) in [5.41, 5.74) is 5.53. The Morgan fingerprint density at radius 1 is 1.60 bits per heavy atom. The van der Waals surface area contributed by atoms with Crippen molar-refractivity contribution in [1.82, 2.24) is 9.97 Å². The minimum absolute atomic E-state index is 0.178. The van der Waals surface area contributed by atoms with E-state index in [1.807, 2.05) is 0 Å². The lowest BCUT2D eigenvalue weighted by atomic mass is 10.1. The van der Waals surface area contributed by atoms with Crippen LogP contribution in [0.25, 0.3) is 0 Å². The first-order valence-electron chi connectivity index (χ1n) is 5.26. The number of H-pyrrole nitrogens is 1.